The van der Waals surface area contributed by atoms with Gasteiger partial charge < -0.3 is 15.5 Å². The second-order valence-corrected chi connectivity index (χ2v) is 4.57. The molecule has 1 fully saturated rings. The Hall–Kier alpha value is -2.04. The molecule has 0 aromatic heterocycles. The van der Waals surface area contributed by atoms with Gasteiger partial charge >= 0.3 is 0 Å². The van der Waals surface area contributed by atoms with Crippen LogP contribution in [-0.2, 0) is 4.79 Å². The van der Waals surface area contributed by atoms with E-state index in [2.05, 4.69) is 10.6 Å². The molecule has 1 aliphatic heterocycles. The normalized spacial score (nSPS) is 18.2. The van der Waals surface area contributed by atoms with Gasteiger partial charge in [0.2, 0.25) is 5.91 Å². The van der Waals surface area contributed by atoms with Crippen LogP contribution in [0, 0.1) is 0 Å². The molecule has 0 spiro atoms. The smallest absolute Gasteiger partial charge is 0.256 e. The third-order valence-corrected chi connectivity index (χ3v) is 3.49. The lowest BCUT2D eigenvalue weighted by molar-refractivity contribution is -0.124. The van der Waals surface area contributed by atoms with Crippen molar-refractivity contribution in [1.82, 2.24) is 10.2 Å². The molecule has 1 aromatic rings. The summed E-state index contributed by atoms with van der Waals surface area (Å²) in [5.41, 5.74) is 1.40. The van der Waals surface area contributed by atoms with Gasteiger partial charge in [-0.05, 0) is 25.0 Å². The molecule has 1 aromatic carbocycles. The Morgan fingerprint density at radius 3 is 2.68 bits per heavy atom. The third-order valence-electron chi connectivity index (χ3n) is 3.49. The van der Waals surface area contributed by atoms with E-state index < -0.39 is 0 Å². The van der Waals surface area contributed by atoms with Gasteiger partial charge in [0.15, 0.2) is 0 Å². The number of carbonyl (C=O) groups excluding carboxylic acids is 2. The number of likely N-dealkylation sites (N-methyl/N-ethyl adjacent to an activating group) is 1. The van der Waals surface area contributed by atoms with Crippen LogP contribution in [0.25, 0.3) is 0 Å². The van der Waals surface area contributed by atoms with Crippen molar-refractivity contribution in [1.29, 1.82) is 0 Å². The molecule has 5 nitrogen and oxygen atoms in total. The van der Waals surface area contributed by atoms with Gasteiger partial charge in [0.1, 0.15) is 6.04 Å². The first-order valence-electron chi connectivity index (χ1n) is 6.48. The number of hydrogen-bond donors (Lipinski definition) is 2. The predicted octanol–water partition coefficient (Wildman–Crippen LogP) is 1.08. The molecular formula is C14H19N3O2. The molecular weight excluding hydrogens is 242 g/mol. The maximum absolute atomic E-state index is 12.6. The molecule has 19 heavy (non-hydrogen) atoms. The number of nitrogens with zero attached hydrogens (tertiary/aromatic N) is 1. The highest BCUT2D eigenvalue weighted by Gasteiger charge is 2.34. The minimum absolute atomic E-state index is 0.0870. The lowest BCUT2D eigenvalue weighted by atomic mass is 10.1. The quantitative estimate of drug-likeness (QED) is 0.856. The van der Waals surface area contributed by atoms with Crippen molar-refractivity contribution in [3.63, 3.8) is 0 Å². The van der Waals surface area contributed by atoms with Crippen LogP contribution >= 0.6 is 0 Å². The third kappa shape index (κ3) is 2.54. The fourth-order valence-electron chi connectivity index (χ4n) is 2.49. The standard InChI is InChI=1S/C14H19N3O2/c1-15-11-7-4-3-6-10(11)14(19)17-9-5-8-12(17)13(18)16-2/h3-4,6-7,12,15H,5,8-9H2,1-2H3,(H,16,18). The van der Waals surface area contributed by atoms with Crippen molar-refractivity contribution < 1.29 is 9.59 Å². The van der Waals surface area contributed by atoms with Gasteiger partial charge in [0.25, 0.3) is 5.91 Å². The van der Waals surface area contributed by atoms with E-state index in [1.807, 2.05) is 18.2 Å². The van der Waals surface area contributed by atoms with Gasteiger partial charge in [-0.25, -0.2) is 0 Å². The van der Waals surface area contributed by atoms with Gasteiger partial charge in [0.05, 0.1) is 5.56 Å². The lowest BCUT2D eigenvalue weighted by Gasteiger charge is -2.24. The minimum Gasteiger partial charge on any atom is -0.387 e. The summed E-state index contributed by atoms with van der Waals surface area (Å²) >= 11 is 0. The van der Waals surface area contributed by atoms with Crippen molar-refractivity contribution in [3.8, 4) is 0 Å². The number of likely N-dealkylation sites (tertiary alicyclic amines) is 1. The highest BCUT2D eigenvalue weighted by atomic mass is 16.2. The first kappa shape index (κ1) is 13.4. The predicted molar refractivity (Wildman–Crippen MR) is 74.1 cm³/mol. The van der Waals surface area contributed by atoms with Crippen molar-refractivity contribution in [2.75, 3.05) is 26.0 Å². The van der Waals surface area contributed by atoms with Gasteiger partial charge in [-0.15, -0.1) is 0 Å². The van der Waals surface area contributed by atoms with Crippen molar-refractivity contribution >= 4 is 17.5 Å². The van der Waals surface area contributed by atoms with Crippen molar-refractivity contribution in [2.45, 2.75) is 18.9 Å². The summed E-state index contributed by atoms with van der Waals surface area (Å²) in [5, 5.41) is 5.63. The Kier molecular flexibility index (Phi) is 4.04. The van der Waals surface area contributed by atoms with Gasteiger partial charge in [-0.1, -0.05) is 12.1 Å². The van der Waals surface area contributed by atoms with E-state index in [9.17, 15) is 9.59 Å². The number of nitrogens with one attached hydrogen (secondary N) is 2. The number of rotatable bonds is 3. The lowest BCUT2D eigenvalue weighted by Crippen LogP contribution is -2.45. The summed E-state index contributed by atoms with van der Waals surface area (Å²) in [6, 6.07) is 7.01. The number of hydrogen-bond acceptors (Lipinski definition) is 3. The Morgan fingerprint density at radius 2 is 2.00 bits per heavy atom. The van der Waals surface area contributed by atoms with Gasteiger partial charge in [0, 0.05) is 26.3 Å². The van der Waals surface area contributed by atoms with Crippen LogP contribution in [0.4, 0.5) is 5.69 Å². The Bertz CT molecular complexity index is 487. The summed E-state index contributed by atoms with van der Waals surface area (Å²) in [4.78, 5) is 26.0. The number of amides is 2. The van der Waals surface area contributed by atoms with Crippen LogP contribution in [-0.4, -0.2) is 43.4 Å². The summed E-state index contributed by atoms with van der Waals surface area (Å²) in [6.45, 7) is 0.634. The summed E-state index contributed by atoms with van der Waals surface area (Å²) < 4.78 is 0. The molecule has 1 unspecified atom stereocenters. The maximum Gasteiger partial charge on any atom is 0.256 e. The Morgan fingerprint density at radius 1 is 1.26 bits per heavy atom. The van der Waals surface area contributed by atoms with E-state index in [1.54, 1.807) is 25.1 Å². The number of anilines is 1. The van der Waals surface area contributed by atoms with Crippen molar-refractivity contribution in [3.05, 3.63) is 29.8 Å². The van der Waals surface area contributed by atoms with Crippen molar-refractivity contribution in [2.24, 2.45) is 0 Å². The zero-order chi connectivity index (χ0) is 13.8. The largest absolute Gasteiger partial charge is 0.387 e. The Labute approximate surface area is 113 Å². The van der Waals surface area contributed by atoms with Crippen LogP contribution in [0.3, 0.4) is 0 Å². The fraction of sp³-hybridized carbons (Fsp3) is 0.429. The first-order valence-corrected chi connectivity index (χ1v) is 6.48. The van der Waals surface area contributed by atoms with E-state index in [-0.39, 0.29) is 17.9 Å². The average Bonchev–Trinajstić information content (AvgIpc) is 2.95. The second-order valence-electron chi connectivity index (χ2n) is 4.57. The van der Waals surface area contributed by atoms with Gasteiger partial charge in [-0.2, -0.15) is 0 Å². The molecule has 1 aliphatic rings. The average molecular weight is 261 g/mol. The minimum atomic E-state index is -0.345. The Balaban J connectivity index is 2.26. The molecule has 0 radical (unpaired) electrons. The SMILES string of the molecule is CNC(=O)C1CCCN1C(=O)c1ccccc1NC. The molecule has 2 N–H and O–H groups in total. The molecule has 1 atom stereocenters. The van der Waals surface area contributed by atoms with Crippen LogP contribution in [0.2, 0.25) is 0 Å². The first-order chi connectivity index (χ1) is 9.19. The molecule has 5 heteroatoms. The maximum atomic E-state index is 12.6. The summed E-state index contributed by atoms with van der Waals surface area (Å²) in [5.74, 6) is -0.177. The molecule has 2 rings (SSSR count). The molecule has 2 amide bonds. The molecule has 0 bridgehead atoms. The zero-order valence-electron chi connectivity index (χ0n) is 11.3. The molecule has 1 heterocycles. The van der Waals surface area contributed by atoms with Crippen LogP contribution in [0.15, 0.2) is 24.3 Å². The van der Waals surface area contributed by atoms with E-state index in [1.165, 1.54) is 0 Å². The van der Waals surface area contributed by atoms with Crippen LogP contribution in [0.5, 0.6) is 0 Å². The van der Waals surface area contributed by atoms with E-state index in [0.717, 1.165) is 18.5 Å². The molecule has 102 valence electrons. The zero-order valence-corrected chi connectivity index (χ0v) is 11.3. The second kappa shape index (κ2) is 5.73. The topological polar surface area (TPSA) is 61.4 Å². The van der Waals surface area contributed by atoms with E-state index >= 15 is 0 Å². The fourth-order valence-corrected chi connectivity index (χ4v) is 2.49. The number of benzene rings is 1. The highest BCUT2D eigenvalue weighted by Crippen LogP contribution is 2.23. The number of carbonyl (C=O) groups is 2. The highest BCUT2D eigenvalue weighted by molar-refractivity contribution is 6.02. The molecule has 0 saturated carbocycles. The molecule has 1 saturated heterocycles. The monoisotopic (exact) mass is 261 g/mol. The summed E-state index contributed by atoms with van der Waals surface area (Å²) in [6.07, 6.45) is 1.60. The molecule has 0 aliphatic carbocycles. The number of para-hydroxylation sites is 1. The van der Waals surface area contributed by atoms with E-state index in [4.69, 9.17) is 0 Å². The van der Waals surface area contributed by atoms with E-state index in [0.29, 0.717) is 12.1 Å². The van der Waals surface area contributed by atoms with Gasteiger partial charge in [-0.3, -0.25) is 9.59 Å². The van der Waals surface area contributed by atoms with Crippen LogP contribution in [0.1, 0.15) is 23.2 Å². The summed E-state index contributed by atoms with van der Waals surface area (Å²) in [7, 11) is 3.39. The van der Waals surface area contributed by atoms with Crippen LogP contribution < -0.4 is 10.6 Å².